The second kappa shape index (κ2) is 6.71. The number of nitrogens with one attached hydrogen (secondary N) is 1. The largest absolute Gasteiger partial charge is 0.367 e. The molecule has 5 heteroatoms. The lowest BCUT2D eigenvalue weighted by Gasteiger charge is -2.34. The van der Waals surface area contributed by atoms with E-state index in [0.29, 0.717) is 18.1 Å². The first-order chi connectivity index (χ1) is 11.8. The first-order valence-corrected chi connectivity index (χ1v) is 9.54. The number of anilines is 1. The second-order valence-electron chi connectivity index (χ2n) is 7.40. The minimum Gasteiger partial charge on any atom is -0.367 e. The van der Waals surface area contributed by atoms with Crippen LogP contribution in [-0.2, 0) is 0 Å². The van der Waals surface area contributed by atoms with E-state index >= 15 is 0 Å². The molecule has 0 aromatic carbocycles. The van der Waals surface area contributed by atoms with E-state index in [-0.39, 0.29) is 5.91 Å². The summed E-state index contributed by atoms with van der Waals surface area (Å²) in [5.74, 6) is 1.05. The minimum atomic E-state index is 0.158. The molecule has 2 unspecified atom stereocenters. The lowest BCUT2D eigenvalue weighted by Crippen LogP contribution is -2.48. The number of hydrogen-bond acceptors (Lipinski definition) is 4. The molecule has 2 aliphatic heterocycles. The van der Waals surface area contributed by atoms with Gasteiger partial charge in [-0.25, -0.2) is 4.98 Å². The number of likely N-dealkylation sites (tertiary alicyclic amines) is 2. The molecule has 3 aliphatic rings. The van der Waals surface area contributed by atoms with Crippen LogP contribution in [0, 0.1) is 0 Å². The standard InChI is InChI=1S/C19H28N4O/c1-2-22-11-3-5-16(22)17-6-4-12-23(17)19(24)14-7-10-18(20-13-14)21-15-8-9-15/h7,10,13,15-17H,2-6,8-9,11-12H2,1H3,(H,20,21). The smallest absolute Gasteiger partial charge is 0.255 e. The van der Waals surface area contributed by atoms with Crippen LogP contribution in [-0.4, -0.2) is 58.5 Å². The normalized spacial score (nSPS) is 27.6. The van der Waals surface area contributed by atoms with Gasteiger partial charge in [-0.1, -0.05) is 6.92 Å². The fourth-order valence-electron chi connectivity index (χ4n) is 4.33. The zero-order valence-electron chi connectivity index (χ0n) is 14.6. The van der Waals surface area contributed by atoms with E-state index in [1.807, 2.05) is 12.1 Å². The monoisotopic (exact) mass is 328 g/mol. The van der Waals surface area contributed by atoms with E-state index in [2.05, 4.69) is 27.0 Å². The van der Waals surface area contributed by atoms with Gasteiger partial charge in [-0.05, 0) is 63.7 Å². The fraction of sp³-hybridized carbons (Fsp3) is 0.684. The Morgan fingerprint density at radius 1 is 1.17 bits per heavy atom. The summed E-state index contributed by atoms with van der Waals surface area (Å²) in [5.41, 5.74) is 0.726. The summed E-state index contributed by atoms with van der Waals surface area (Å²) in [6.45, 7) is 5.39. The zero-order valence-corrected chi connectivity index (χ0v) is 14.6. The van der Waals surface area contributed by atoms with Gasteiger partial charge in [0.25, 0.3) is 5.91 Å². The summed E-state index contributed by atoms with van der Waals surface area (Å²) in [7, 11) is 0. The van der Waals surface area contributed by atoms with E-state index in [1.54, 1.807) is 6.20 Å². The average molecular weight is 328 g/mol. The predicted molar refractivity (Wildman–Crippen MR) is 95.2 cm³/mol. The van der Waals surface area contributed by atoms with Gasteiger partial charge in [0.05, 0.1) is 5.56 Å². The van der Waals surface area contributed by atoms with Gasteiger partial charge in [-0.2, -0.15) is 0 Å². The topological polar surface area (TPSA) is 48.5 Å². The lowest BCUT2D eigenvalue weighted by atomic mass is 10.0. The summed E-state index contributed by atoms with van der Waals surface area (Å²) < 4.78 is 0. The van der Waals surface area contributed by atoms with Crippen molar-refractivity contribution in [3.8, 4) is 0 Å². The molecule has 3 heterocycles. The van der Waals surface area contributed by atoms with E-state index < -0.39 is 0 Å². The number of pyridine rings is 1. The number of nitrogens with zero attached hydrogens (tertiary/aromatic N) is 3. The van der Waals surface area contributed by atoms with E-state index in [9.17, 15) is 4.79 Å². The van der Waals surface area contributed by atoms with Crippen LogP contribution in [0.4, 0.5) is 5.82 Å². The average Bonchev–Trinajstić information content (AvgIpc) is 3.12. The number of carbonyl (C=O) groups excluding carboxylic acids is 1. The SMILES string of the molecule is CCN1CCCC1C1CCCN1C(=O)c1ccc(NC2CC2)nc1. The lowest BCUT2D eigenvalue weighted by molar-refractivity contribution is 0.0649. The Kier molecular flexibility index (Phi) is 4.44. The Hall–Kier alpha value is -1.62. The van der Waals surface area contributed by atoms with Crippen molar-refractivity contribution in [1.82, 2.24) is 14.8 Å². The van der Waals surface area contributed by atoms with Crippen LogP contribution < -0.4 is 5.32 Å². The van der Waals surface area contributed by atoms with Gasteiger partial charge in [0, 0.05) is 30.9 Å². The molecule has 2 atom stereocenters. The summed E-state index contributed by atoms with van der Waals surface area (Å²) >= 11 is 0. The van der Waals surface area contributed by atoms with Crippen molar-refractivity contribution in [3.63, 3.8) is 0 Å². The highest BCUT2D eigenvalue weighted by Crippen LogP contribution is 2.31. The molecule has 1 aromatic rings. The Balaban J connectivity index is 1.46. The molecule has 0 radical (unpaired) electrons. The highest BCUT2D eigenvalue weighted by molar-refractivity contribution is 5.94. The molecule has 1 saturated carbocycles. The minimum absolute atomic E-state index is 0.158. The van der Waals surface area contributed by atoms with Crippen LogP contribution in [0.15, 0.2) is 18.3 Å². The maximum atomic E-state index is 13.0. The molecular formula is C19H28N4O. The number of rotatable bonds is 5. The van der Waals surface area contributed by atoms with Crippen molar-refractivity contribution in [2.45, 2.75) is 63.6 Å². The molecule has 2 saturated heterocycles. The van der Waals surface area contributed by atoms with Crippen LogP contribution in [0.5, 0.6) is 0 Å². The van der Waals surface area contributed by atoms with Gasteiger partial charge in [-0.3, -0.25) is 9.69 Å². The quantitative estimate of drug-likeness (QED) is 0.903. The molecule has 0 spiro atoms. The van der Waals surface area contributed by atoms with Gasteiger partial charge in [0.2, 0.25) is 0 Å². The van der Waals surface area contributed by atoms with E-state index in [4.69, 9.17) is 0 Å². The molecule has 1 N–H and O–H groups in total. The maximum absolute atomic E-state index is 13.0. The molecule has 5 nitrogen and oxygen atoms in total. The molecule has 0 bridgehead atoms. The van der Waals surface area contributed by atoms with Crippen LogP contribution >= 0.6 is 0 Å². The van der Waals surface area contributed by atoms with Gasteiger partial charge in [-0.15, -0.1) is 0 Å². The molecule has 3 fully saturated rings. The summed E-state index contributed by atoms with van der Waals surface area (Å²) in [6, 6.07) is 5.39. The summed E-state index contributed by atoms with van der Waals surface area (Å²) in [5, 5.41) is 3.38. The molecule has 1 amide bonds. The molecule has 130 valence electrons. The molecule has 24 heavy (non-hydrogen) atoms. The van der Waals surface area contributed by atoms with Crippen molar-refractivity contribution in [1.29, 1.82) is 0 Å². The van der Waals surface area contributed by atoms with Crippen molar-refractivity contribution in [2.75, 3.05) is 25.0 Å². The third-order valence-corrected chi connectivity index (χ3v) is 5.76. The Labute approximate surface area is 144 Å². The van der Waals surface area contributed by atoms with Gasteiger partial charge >= 0.3 is 0 Å². The van der Waals surface area contributed by atoms with Crippen LogP contribution in [0.3, 0.4) is 0 Å². The Morgan fingerprint density at radius 2 is 1.96 bits per heavy atom. The Bertz CT molecular complexity index is 584. The maximum Gasteiger partial charge on any atom is 0.255 e. The Morgan fingerprint density at radius 3 is 2.67 bits per heavy atom. The van der Waals surface area contributed by atoms with Crippen molar-refractivity contribution < 1.29 is 4.79 Å². The highest BCUT2D eigenvalue weighted by Gasteiger charge is 2.39. The van der Waals surface area contributed by atoms with E-state index in [1.165, 1.54) is 32.2 Å². The second-order valence-corrected chi connectivity index (χ2v) is 7.40. The van der Waals surface area contributed by atoms with Crippen molar-refractivity contribution in [2.24, 2.45) is 0 Å². The van der Waals surface area contributed by atoms with Crippen LogP contribution in [0.2, 0.25) is 0 Å². The van der Waals surface area contributed by atoms with Crippen molar-refractivity contribution in [3.05, 3.63) is 23.9 Å². The first-order valence-electron chi connectivity index (χ1n) is 9.54. The molecule has 4 rings (SSSR count). The molecule has 1 aromatic heterocycles. The fourth-order valence-corrected chi connectivity index (χ4v) is 4.33. The number of amides is 1. The summed E-state index contributed by atoms with van der Waals surface area (Å²) in [6.07, 6.45) is 8.96. The molecular weight excluding hydrogens is 300 g/mol. The van der Waals surface area contributed by atoms with Crippen molar-refractivity contribution >= 4 is 11.7 Å². The predicted octanol–water partition coefficient (Wildman–Crippen LogP) is 2.74. The first kappa shape index (κ1) is 15.9. The summed E-state index contributed by atoms with van der Waals surface area (Å²) in [4.78, 5) is 22.1. The number of likely N-dealkylation sites (N-methyl/N-ethyl adjacent to an activating group) is 1. The van der Waals surface area contributed by atoms with Crippen LogP contribution in [0.1, 0.15) is 55.8 Å². The number of hydrogen-bond donors (Lipinski definition) is 1. The number of aromatic nitrogens is 1. The molecule has 1 aliphatic carbocycles. The highest BCUT2D eigenvalue weighted by atomic mass is 16.2. The number of carbonyl (C=O) groups is 1. The van der Waals surface area contributed by atoms with Gasteiger partial charge < -0.3 is 10.2 Å². The zero-order chi connectivity index (χ0) is 16.5. The third kappa shape index (κ3) is 3.14. The third-order valence-electron chi connectivity index (χ3n) is 5.76. The van der Waals surface area contributed by atoms with Gasteiger partial charge in [0.15, 0.2) is 0 Å². The van der Waals surface area contributed by atoms with Crippen LogP contribution in [0.25, 0.3) is 0 Å². The van der Waals surface area contributed by atoms with Gasteiger partial charge in [0.1, 0.15) is 5.82 Å². The van der Waals surface area contributed by atoms with E-state index in [0.717, 1.165) is 37.3 Å².